The lowest BCUT2D eigenvalue weighted by Gasteiger charge is -2.28. The van der Waals surface area contributed by atoms with Gasteiger partial charge in [0, 0.05) is 43.9 Å². The molecule has 0 saturated carbocycles. The molecule has 0 saturated heterocycles. The third kappa shape index (κ3) is 8.81. The number of nitrogens with zero attached hydrogens (tertiary/aromatic N) is 2. The zero-order chi connectivity index (χ0) is 21.8. The Balaban J connectivity index is 2.86. The second-order valence-electron chi connectivity index (χ2n) is 6.75. The number of carbonyl (C=O) groups excluding carboxylic acids is 2. The van der Waals surface area contributed by atoms with Crippen LogP contribution in [0.3, 0.4) is 0 Å². The van der Waals surface area contributed by atoms with Crippen molar-refractivity contribution in [1.29, 1.82) is 0 Å². The molecule has 0 aliphatic heterocycles. The van der Waals surface area contributed by atoms with Crippen LogP contribution in [0.4, 0.5) is 5.69 Å². The number of ether oxygens (including phenoxy) is 1. The van der Waals surface area contributed by atoms with Crippen LogP contribution in [-0.2, 0) is 20.7 Å². The minimum absolute atomic E-state index is 0.269. The Morgan fingerprint density at radius 3 is 2.07 bits per heavy atom. The number of hydrogen-bond donors (Lipinski definition) is 1. The first-order valence-electron chi connectivity index (χ1n) is 10.0. The number of benzene rings is 1. The van der Waals surface area contributed by atoms with Crippen LogP contribution in [-0.4, -0.2) is 67.0 Å². The molecule has 1 aromatic rings. The van der Waals surface area contributed by atoms with Crippen LogP contribution in [0.25, 0.3) is 0 Å². The summed E-state index contributed by atoms with van der Waals surface area (Å²) >= 11 is 11.7. The van der Waals surface area contributed by atoms with E-state index in [0.29, 0.717) is 31.3 Å². The van der Waals surface area contributed by atoms with Crippen molar-refractivity contribution in [2.45, 2.75) is 46.4 Å². The highest BCUT2D eigenvalue weighted by Gasteiger charge is 2.25. The maximum atomic E-state index is 12.7. The van der Waals surface area contributed by atoms with Crippen molar-refractivity contribution in [1.82, 2.24) is 10.2 Å². The normalized spacial score (nSPS) is 13.1. The van der Waals surface area contributed by atoms with E-state index < -0.39 is 12.0 Å². The van der Waals surface area contributed by atoms with Gasteiger partial charge in [0.1, 0.15) is 6.04 Å². The number of amides is 1. The first kappa shape index (κ1) is 25.5. The maximum absolute atomic E-state index is 12.7. The molecule has 1 amide bonds. The van der Waals surface area contributed by atoms with E-state index >= 15 is 0 Å². The third-order valence-electron chi connectivity index (χ3n) is 4.73. The molecule has 0 aromatic heterocycles. The molecule has 1 aromatic carbocycles. The molecule has 0 aliphatic carbocycles. The summed E-state index contributed by atoms with van der Waals surface area (Å²) in [4.78, 5) is 28.4. The van der Waals surface area contributed by atoms with Gasteiger partial charge in [0.15, 0.2) is 6.23 Å². The SMILES string of the molecule is CCN(CC)C(C)OC(=O)[C@H](Cc1ccc(N(CCCl)CCCl)cc1)NC(C)=O. The van der Waals surface area contributed by atoms with Crippen LogP contribution in [0.15, 0.2) is 24.3 Å². The second kappa shape index (κ2) is 13.7. The van der Waals surface area contributed by atoms with Gasteiger partial charge in [-0.3, -0.25) is 9.69 Å². The van der Waals surface area contributed by atoms with Crippen molar-refractivity contribution in [3.8, 4) is 0 Å². The molecule has 0 spiro atoms. The maximum Gasteiger partial charge on any atom is 0.330 e. The topological polar surface area (TPSA) is 61.9 Å². The highest BCUT2D eigenvalue weighted by molar-refractivity contribution is 6.18. The molecule has 0 fully saturated rings. The summed E-state index contributed by atoms with van der Waals surface area (Å²) in [5.74, 6) is 0.323. The van der Waals surface area contributed by atoms with E-state index in [2.05, 4.69) is 10.2 Å². The number of rotatable bonds is 13. The summed E-state index contributed by atoms with van der Waals surface area (Å²) in [6.07, 6.45) is 0.00472. The molecule has 164 valence electrons. The lowest BCUT2D eigenvalue weighted by atomic mass is 10.1. The standard InChI is InChI=1S/C21H33Cl2N3O3/c1-5-25(6-2)17(4)29-21(28)20(24-16(3)27)15-18-7-9-19(10-8-18)26(13-11-22)14-12-23/h7-10,17,20H,5-6,11-15H2,1-4H3,(H,24,27)/t17?,20-/m0/s1. The van der Waals surface area contributed by atoms with Gasteiger partial charge >= 0.3 is 5.97 Å². The molecule has 8 heteroatoms. The largest absolute Gasteiger partial charge is 0.445 e. The fourth-order valence-corrected chi connectivity index (χ4v) is 3.56. The zero-order valence-corrected chi connectivity index (χ0v) is 19.3. The number of esters is 1. The van der Waals surface area contributed by atoms with E-state index in [1.807, 2.05) is 49.9 Å². The summed E-state index contributed by atoms with van der Waals surface area (Å²) < 4.78 is 5.59. The van der Waals surface area contributed by atoms with Crippen LogP contribution in [0.5, 0.6) is 0 Å². The molecule has 29 heavy (non-hydrogen) atoms. The number of carbonyl (C=O) groups is 2. The Kier molecular flexibility index (Phi) is 12.0. The minimum atomic E-state index is -0.738. The Hall–Kier alpha value is -1.50. The monoisotopic (exact) mass is 445 g/mol. The molecule has 1 unspecified atom stereocenters. The van der Waals surface area contributed by atoms with Crippen LogP contribution in [0, 0.1) is 0 Å². The van der Waals surface area contributed by atoms with Crippen LogP contribution >= 0.6 is 23.2 Å². The van der Waals surface area contributed by atoms with Crippen molar-refractivity contribution in [3.63, 3.8) is 0 Å². The molecule has 0 aliphatic rings. The van der Waals surface area contributed by atoms with Crippen LogP contribution in [0.1, 0.15) is 33.3 Å². The lowest BCUT2D eigenvalue weighted by molar-refractivity contribution is -0.160. The van der Waals surface area contributed by atoms with E-state index in [1.165, 1.54) is 6.92 Å². The van der Waals surface area contributed by atoms with Gasteiger partial charge in [-0.15, -0.1) is 23.2 Å². The van der Waals surface area contributed by atoms with Crippen molar-refractivity contribution < 1.29 is 14.3 Å². The van der Waals surface area contributed by atoms with Gasteiger partial charge in [-0.1, -0.05) is 26.0 Å². The summed E-state index contributed by atoms with van der Waals surface area (Å²) in [6, 6.07) is 7.10. The molecular formula is C21H33Cl2N3O3. The fraction of sp³-hybridized carbons (Fsp3) is 0.619. The number of anilines is 1. The molecule has 6 nitrogen and oxygen atoms in total. The lowest BCUT2D eigenvalue weighted by Crippen LogP contribution is -2.46. The van der Waals surface area contributed by atoms with Crippen molar-refractivity contribution in [2.75, 3.05) is 42.8 Å². The first-order valence-corrected chi connectivity index (χ1v) is 11.1. The van der Waals surface area contributed by atoms with Gasteiger partial charge < -0.3 is 15.0 Å². The smallest absolute Gasteiger partial charge is 0.330 e. The van der Waals surface area contributed by atoms with E-state index in [0.717, 1.165) is 24.3 Å². The predicted molar refractivity (Wildman–Crippen MR) is 120 cm³/mol. The van der Waals surface area contributed by atoms with Crippen LogP contribution in [0.2, 0.25) is 0 Å². The summed E-state index contributed by atoms with van der Waals surface area (Å²) in [6.45, 7) is 10.2. The van der Waals surface area contributed by atoms with E-state index in [9.17, 15) is 9.59 Å². The third-order valence-corrected chi connectivity index (χ3v) is 5.06. The highest BCUT2D eigenvalue weighted by atomic mass is 35.5. The average Bonchev–Trinajstić information content (AvgIpc) is 2.68. The van der Waals surface area contributed by atoms with Crippen LogP contribution < -0.4 is 10.2 Å². The van der Waals surface area contributed by atoms with Gasteiger partial charge in [-0.05, 0) is 37.7 Å². The second-order valence-corrected chi connectivity index (χ2v) is 7.50. The minimum Gasteiger partial charge on any atom is -0.445 e. The van der Waals surface area contributed by atoms with E-state index in [4.69, 9.17) is 27.9 Å². The summed E-state index contributed by atoms with van der Waals surface area (Å²) in [5.41, 5.74) is 1.94. The zero-order valence-electron chi connectivity index (χ0n) is 17.8. The van der Waals surface area contributed by atoms with Gasteiger partial charge in [0.05, 0.1) is 0 Å². The quantitative estimate of drug-likeness (QED) is 0.286. The average molecular weight is 446 g/mol. The Bertz CT molecular complexity index is 618. The Morgan fingerprint density at radius 1 is 1.07 bits per heavy atom. The number of alkyl halides is 2. The summed E-state index contributed by atoms with van der Waals surface area (Å²) in [5, 5.41) is 2.71. The molecule has 0 bridgehead atoms. The van der Waals surface area contributed by atoms with Gasteiger partial charge in [0.2, 0.25) is 5.91 Å². The molecule has 0 radical (unpaired) electrons. The van der Waals surface area contributed by atoms with E-state index in [1.54, 1.807) is 0 Å². The molecule has 1 N–H and O–H groups in total. The number of halogens is 2. The number of hydrogen-bond acceptors (Lipinski definition) is 5. The fourth-order valence-electron chi connectivity index (χ4n) is 3.15. The first-order chi connectivity index (χ1) is 13.9. The van der Waals surface area contributed by atoms with E-state index in [-0.39, 0.29) is 12.1 Å². The Labute approximate surface area is 184 Å². The molecule has 0 heterocycles. The highest BCUT2D eigenvalue weighted by Crippen LogP contribution is 2.17. The van der Waals surface area contributed by atoms with Gasteiger partial charge in [0.25, 0.3) is 0 Å². The predicted octanol–water partition coefficient (Wildman–Crippen LogP) is 3.25. The van der Waals surface area contributed by atoms with Crippen molar-refractivity contribution in [3.05, 3.63) is 29.8 Å². The molecule has 1 rings (SSSR count). The van der Waals surface area contributed by atoms with Gasteiger partial charge in [-0.25, -0.2) is 4.79 Å². The summed E-state index contributed by atoms with van der Waals surface area (Å²) in [7, 11) is 0. The van der Waals surface area contributed by atoms with Gasteiger partial charge in [-0.2, -0.15) is 0 Å². The van der Waals surface area contributed by atoms with Crippen molar-refractivity contribution in [2.24, 2.45) is 0 Å². The molecular weight excluding hydrogens is 413 g/mol. The Morgan fingerprint density at radius 2 is 1.62 bits per heavy atom. The van der Waals surface area contributed by atoms with Crippen molar-refractivity contribution >= 4 is 40.8 Å². The molecule has 2 atom stereocenters. The number of nitrogens with one attached hydrogen (secondary N) is 1.